The van der Waals surface area contributed by atoms with Crippen molar-refractivity contribution in [2.45, 2.75) is 50.2 Å². The highest BCUT2D eigenvalue weighted by Gasteiger charge is 2.38. The van der Waals surface area contributed by atoms with Crippen LogP contribution in [0.15, 0.2) is 30.3 Å². The summed E-state index contributed by atoms with van der Waals surface area (Å²) in [5.74, 6) is -2.08. The monoisotopic (exact) mass is 418 g/mol. The van der Waals surface area contributed by atoms with Crippen LogP contribution in [0.5, 0.6) is 0 Å². The summed E-state index contributed by atoms with van der Waals surface area (Å²) < 4.78 is 0. The summed E-state index contributed by atoms with van der Waals surface area (Å²) in [4.78, 5) is 38.5. The van der Waals surface area contributed by atoms with E-state index in [1.165, 1.54) is 4.90 Å². The standard InChI is InChI=1S/C20H30N6O4/c21-14(8-4-10-24-20(22)23)17(27)25-15(12-13-6-2-1-3-7-13)18(28)26-11-5-9-16(26)19(29)30/h1-3,6-7,14-16H,4-5,8-12,21H2,(H,25,27)(H,29,30)(H4,22,23,24)/t14-,15+,16+/m1/s1. The molecule has 1 aliphatic rings. The van der Waals surface area contributed by atoms with Gasteiger partial charge < -0.3 is 32.1 Å². The van der Waals surface area contributed by atoms with Gasteiger partial charge in [-0.1, -0.05) is 30.3 Å². The molecule has 10 nitrogen and oxygen atoms in total. The highest BCUT2D eigenvalue weighted by molar-refractivity contribution is 5.92. The van der Waals surface area contributed by atoms with E-state index in [2.05, 4.69) is 10.6 Å². The second-order valence-corrected chi connectivity index (χ2v) is 7.37. The number of carboxylic acid groups (broad SMARTS) is 1. The quantitative estimate of drug-likeness (QED) is 0.167. The molecule has 30 heavy (non-hydrogen) atoms. The zero-order chi connectivity index (χ0) is 22.1. The van der Waals surface area contributed by atoms with Gasteiger partial charge in [0.15, 0.2) is 5.96 Å². The molecule has 1 saturated heterocycles. The summed E-state index contributed by atoms with van der Waals surface area (Å²) in [6.45, 7) is 0.760. The number of hydrogen-bond acceptors (Lipinski definition) is 5. The highest BCUT2D eigenvalue weighted by atomic mass is 16.4. The summed E-state index contributed by atoms with van der Waals surface area (Å²) in [5.41, 5.74) is 12.0. The molecule has 0 saturated carbocycles. The Labute approximate surface area is 175 Å². The van der Waals surface area contributed by atoms with Crippen molar-refractivity contribution in [3.05, 3.63) is 35.9 Å². The lowest BCUT2D eigenvalue weighted by Gasteiger charge is -2.28. The van der Waals surface area contributed by atoms with Crippen molar-refractivity contribution in [2.24, 2.45) is 11.5 Å². The first-order valence-corrected chi connectivity index (χ1v) is 10.0. The van der Waals surface area contributed by atoms with E-state index in [9.17, 15) is 19.5 Å². The Morgan fingerprint density at radius 1 is 1.27 bits per heavy atom. The minimum atomic E-state index is -1.04. The third-order valence-corrected chi connectivity index (χ3v) is 5.06. The fraction of sp³-hybridized carbons (Fsp3) is 0.500. The number of amides is 2. The van der Waals surface area contributed by atoms with Gasteiger partial charge in [-0.15, -0.1) is 0 Å². The molecule has 8 N–H and O–H groups in total. The lowest BCUT2D eigenvalue weighted by Crippen LogP contribution is -2.55. The fourth-order valence-electron chi connectivity index (χ4n) is 3.49. The summed E-state index contributed by atoms with van der Waals surface area (Å²) in [7, 11) is 0. The maximum absolute atomic E-state index is 13.1. The zero-order valence-electron chi connectivity index (χ0n) is 16.8. The minimum absolute atomic E-state index is 0.153. The Bertz CT molecular complexity index is 757. The van der Waals surface area contributed by atoms with E-state index in [1.807, 2.05) is 30.3 Å². The number of rotatable bonds is 10. The Balaban J connectivity index is 2.05. The van der Waals surface area contributed by atoms with Crippen molar-refractivity contribution >= 4 is 23.7 Å². The number of nitrogens with two attached hydrogens (primary N) is 2. The number of aliphatic carboxylic acids is 1. The van der Waals surface area contributed by atoms with Crippen molar-refractivity contribution in [3.63, 3.8) is 0 Å². The molecule has 0 aliphatic carbocycles. The predicted molar refractivity (Wildman–Crippen MR) is 112 cm³/mol. The third-order valence-electron chi connectivity index (χ3n) is 5.06. The van der Waals surface area contributed by atoms with Crippen molar-refractivity contribution in [3.8, 4) is 0 Å². The molecule has 0 radical (unpaired) electrons. The number of guanidine groups is 1. The number of likely N-dealkylation sites (tertiary alicyclic amines) is 1. The fourth-order valence-corrected chi connectivity index (χ4v) is 3.49. The maximum Gasteiger partial charge on any atom is 0.326 e. The molecular weight excluding hydrogens is 388 g/mol. The first kappa shape index (κ1) is 23.1. The molecule has 2 amide bonds. The number of carbonyl (C=O) groups excluding carboxylic acids is 2. The Morgan fingerprint density at radius 3 is 2.60 bits per heavy atom. The van der Waals surface area contributed by atoms with E-state index in [4.69, 9.17) is 16.9 Å². The molecule has 1 fully saturated rings. The van der Waals surface area contributed by atoms with Crippen LogP contribution in [0.2, 0.25) is 0 Å². The number of carbonyl (C=O) groups is 3. The average Bonchev–Trinajstić information content (AvgIpc) is 3.20. The van der Waals surface area contributed by atoms with Crippen LogP contribution in [0.1, 0.15) is 31.2 Å². The van der Waals surface area contributed by atoms with Crippen LogP contribution >= 0.6 is 0 Å². The van der Waals surface area contributed by atoms with Crippen molar-refractivity contribution in [1.82, 2.24) is 15.5 Å². The summed E-state index contributed by atoms with van der Waals surface area (Å²) in [6.07, 6.45) is 2.12. The van der Waals surface area contributed by atoms with Gasteiger partial charge in [0, 0.05) is 19.5 Å². The molecule has 1 heterocycles. The molecule has 1 aliphatic heterocycles. The number of benzene rings is 1. The smallest absolute Gasteiger partial charge is 0.326 e. The van der Waals surface area contributed by atoms with E-state index in [-0.39, 0.29) is 12.4 Å². The molecule has 2 rings (SSSR count). The van der Waals surface area contributed by atoms with Gasteiger partial charge in [0.25, 0.3) is 0 Å². The minimum Gasteiger partial charge on any atom is -0.480 e. The van der Waals surface area contributed by atoms with Crippen LogP contribution in [-0.2, 0) is 20.8 Å². The second-order valence-electron chi connectivity index (χ2n) is 7.37. The van der Waals surface area contributed by atoms with Crippen molar-refractivity contribution < 1.29 is 19.5 Å². The highest BCUT2D eigenvalue weighted by Crippen LogP contribution is 2.19. The van der Waals surface area contributed by atoms with Gasteiger partial charge in [-0.05, 0) is 31.2 Å². The molecular formula is C20H30N6O4. The van der Waals surface area contributed by atoms with Gasteiger partial charge in [-0.2, -0.15) is 0 Å². The molecule has 10 heteroatoms. The van der Waals surface area contributed by atoms with E-state index in [0.29, 0.717) is 38.8 Å². The van der Waals surface area contributed by atoms with Gasteiger partial charge in [0.05, 0.1) is 6.04 Å². The Hall–Kier alpha value is -3.14. The SMILES string of the molecule is N=C(N)NCCC[C@@H](N)C(=O)N[C@@H](Cc1ccccc1)C(=O)N1CCC[C@H]1C(=O)O. The number of hydrogen-bond donors (Lipinski definition) is 6. The third kappa shape index (κ3) is 6.73. The maximum atomic E-state index is 13.1. The van der Waals surface area contributed by atoms with Crippen LogP contribution in [-0.4, -0.2) is 65.0 Å². The number of nitrogens with one attached hydrogen (secondary N) is 3. The number of nitrogens with zero attached hydrogens (tertiary/aromatic N) is 1. The number of carboxylic acids is 1. The molecule has 0 bridgehead atoms. The topological polar surface area (TPSA) is 175 Å². The lowest BCUT2D eigenvalue weighted by molar-refractivity contribution is -0.149. The van der Waals surface area contributed by atoms with Gasteiger partial charge in [-0.3, -0.25) is 15.0 Å². The molecule has 164 valence electrons. The molecule has 3 atom stereocenters. The van der Waals surface area contributed by atoms with Crippen molar-refractivity contribution in [2.75, 3.05) is 13.1 Å². The van der Waals surface area contributed by atoms with Crippen LogP contribution in [0.25, 0.3) is 0 Å². The first-order valence-electron chi connectivity index (χ1n) is 10.0. The van der Waals surface area contributed by atoms with Gasteiger partial charge in [-0.25, -0.2) is 4.79 Å². The van der Waals surface area contributed by atoms with Gasteiger partial charge >= 0.3 is 5.97 Å². The lowest BCUT2D eigenvalue weighted by atomic mass is 10.0. The predicted octanol–water partition coefficient (Wildman–Crippen LogP) is -0.620. The Morgan fingerprint density at radius 2 is 1.97 bits per heavy atom. The van der Waals surface area contributed by atoms with Crippen LogP contribution in [0, 0.1) is 5.41 Å². The summed E-state index contributed by atoms with van der Waals surface area (Å²) in [6, 6.07) is 6.60. The molecule has 0 spiro atoms. The van der Waals surface area contributed by atoms with Crippen LogP contribution in [0.4, 0.5) is 0 Å². The van der Waals surface area contributed by atoms with E-state index >= 15 is 0 Å². The normalized spacial score (nSPS) is 17.8. The summed E-state index contributed by atoms with van der Waals surface area (Å²) >= 11 is 0. The molecule has 0 unspecified atom stereocenters. The van der Waals surface area contributed by atoms with E-state index < -0.39 is 35.9 Å². The van der Waals surface area contributed by atoms with Crippen LogP contribution in [0.3, 0.4) is 0 Å². The van der Waals surface area contributed by atoms with Crippen LogP contribution < -0.4 is 22.1 Å². The van der Waals surface area contributed by atoms with E-state index in [1.54, 1.807) is 0 Å². The molecule has 1 aromatic rings. The van der Waals surface area contributed by atoms with Crippen molar-refractivity contribution in [1.29, 1.82) is 5.41 Å². The first-order chi connectivity index (χ1) is 14.3. The zero-order valence-corrected chi connectivity index (χ0v) is 16.8. The molecule has 1 aromatic carbocycles. The average molecular weight is 418 g/mol. The molecule has 0 aromatic heterocycles. The Kier molecular flexibility index (Phi) is 8.60. The largest absolute Gasteiger partial charge is 0.480 e. The van der Waals surface area contributed by atoms with Gasteiger partial charge in [0.1, 0.15) is 12.1 Å². The van der Waals surface area contributed by atoms with Gasteiger partial charge in [0.2, 0.25) is 11.8 Å². The second kappa shape index (κ2) is 11.1. The van der Waals surface area contributed by atoms with E-state index in [0.717, 1.165) is 5.56 Å². The summed E-state index contributed by atoms with van der Waals surface area (Å²) in [5, 5.41) is 21.9.